The standard InChI is InChI=1S/C20H21FN2O6S/c1-14(24)15-2-5-17(6-3-15)29-13-20(25)22-16-4-7-18(21)19(12-16)30(26,27)23-8-10-28-11-9-23/h2-7,12H,8-11,13H2,1H3,(H,22,25). The minimum absolute atomic E-state index is 0.0848. The van der Waals surface area contributed by atoms with Crippen molar-refractivity contribution in [3.05, 3.63) is 53.8 Å². The fourth-order valence-corrected chi connectivity index (χ4v) is 4.33. The number of Topliss-reactive ketones (excluding diaryl/α,β-unsaturated/α-hetero) is 1. The zero-order valence-electron chi connectivity index (χ0n) is 16.3. The molecule has 0 aliphatic carbocycles. The number of nitrogens with zero attached hydrogens (tertiary/aromatic N) is 1. The van der Waals surface area contributed by atoms with Gasteiger partial charge in [0.05, 0.1) is 13.2 Å². The van der Waals surface area contributed by atoms with Crippen LogP contribution in [0.25, 0.3) is 0 Å². The van der Waals surface area contributed by atoms with Gasteiger partial charge in [0.15, 0.2) is 12.4 Å². The van der Waals surface area contributed by atoms with Crippen LogP contribution in [0.4, 0.5) is 10.1 Å². The van der Waals surface area contributed by atoms with E-state index in [4.69, 9.17) is 9.47 Å². The number of halogens is 1. The van der Waals surface area contributed by atoms with Crippen molar-refractivity contribution in [3.8, 4) is 5.75 Å². The number of morpholine rings is 1. The molecule has 160 valence electrons. The molecule has 1 amide bonds. The van der Waals surface area contributed by atoms with Crippen LogP contribution >= 0.6 is 0 Å². The molecule has 0 bridgehead atoms. The van der Waals surface area contributed by atoms with E-state index in [9.17, 15) is 22.4 Å². The molecule has 3 rings (SSSR count). The lowest BCUT2D eigenvalue weighted by Gasteiger charge is -2.26. The van der Waals surface area contributed by atoms with E-state index in [1.807, 2.05) is 0 Å². The van der Waals surface area contributed by atoms with E-state index in [0.717, 1.165) is 16.4 Å². The average Bonchev–Trinajstić information content (AvgIpc) is 2.74. The number of hydrogen-bond donors (Lipinski definition) is 1. The zero-order chi connectivity index (χ0) is 21.7. The predicted octanol–water partition coefficient (Wildman–Crippen LogP) is 2.07. The Balaban J connectivity index is 1.65. The zero-order valence-corrected chi connectivity index (χ0v) is 17.1. The van der Waals surface area contributed by atoms with Crippen molar-refractivity contribution in [2.24, 2.45) is 0 Å². The molecule has 0 unspecified atom stereocenters. The molecule has 1 aliphatic rings. The molecule has 2 aromatic rings. The maximum absolute atomic E-state index is 14.2. The Kier molecular flexibility index (Phi) is 6.80. The van der Waals surface area contributed by atoms with Crippen LogP contribution in [0.2, 0.25) is 0 Å². The lowest BCUT2D eigenvalue weighted by atomic mass is 10.1. The first kappa shape index (κ1) is 21.9. The Bertz CT molecular complexity index is 1030. The molecule has 0 spiro atoms. The number of nitrogens with one attached hydrogen (secondary N) is 1. The fraction of sp³-hybridized carbons (Fsp3) is 0.300. The van der Waals surface area contributed by atoms with Crippen LogP contribution in [0.5, 0.6) is 5.75 Å². The fourth-order valence-electron chi connectivity index (χ4n) is 2.84. The number of sulfonamides is 1. The third-order valence-electron chi connectivity index (χ3n) is 4.43. The van der Waals surface area contributed by atoms with Gasteiger partial charge < -0.3 is 14.8 Å². The van der Waals surface area contributed by atoms with Gasteiger partial charge in [-0.25, -0.2) is 12.8 Å². The van der Waals surface area contributed by atoms with Crippen LogP contribution in [-0.4, -0.2) is 57.3 Å². The van der Waals surface area contributed by atoms with Crippen molar-refractivity contribution in [1.82, 2.24) is 4.31 Å². The van der Waals surface area contributed by atoms with Crippen LogP contribution < -0.4 is 10.1 Å². The van der Waals surface area contributed by atoms with Crippen LogP contribution in [0.3, 0.4) is 0 Å². The van der Waals surface area contributed by atoms with Gasteiger partial charge in [-0.05, 0) is 49.4 Å². The maximum atomic E-state index is 14.2. The molecule has 1 aliphatic heterocycles. The number of benzene rings is 2. The van der Waals surface area contributed by atoms with E-state index in [2.05, 4.69) is 5.32 Å². The number of amides is 1. The largest absolute Gasteiger partial charge is 0.484 e. The number of anilines is 1. The first-order valence-corrected chi connectivity index (χ1v) is 10.6. The molecule has 0 aromatic heterocycles. The van der Waals surface area contributed by atoms with Crippen molar-refractivity contribution in [1.29, 1.82) is 0 Å². The summed E-state index contributed by atoms with van der Waals surface area (Å²) >= 11 is 0. The van der Waals surface area contributed by atoms with E-state index >= 15 is 0 Å². The number of hydrogen-bond acceptors (Lipinski definition) is 6. The van der Waals surface area contributed by atoms with Gasteiger partial charge in [-0.2, -0.15) is 4.31 Å². The summed E-state index contributed by atoms with van der Waals surface area (Å²) in [7, 11) is -4.05. The summed E-state index contributed by atoms with van der Waals surface area (Å²) in [5, 5.41) is 2.49. The van der Waals surface area contributed by atoms with E-state index in [1.54, 1.807) is 24.3 Å². The number of rotatable bonds is 7. The monoisotopic (exact) mass is 436 g/mol. The van der Waals surface area contributed by atoms with Crippen LogP contribution in [0.15, 0.2) is 47.4 Å². The summed E-state index contributed by atoms with van der Waals surface area (Å²) < 4.78 is 51.3. The maximum Gasteiger partial charge on any atom is 0.262 e. The third kappa shape index (κ3) is 5.21. The molecule has 0 atom stereocenters. The Labute approximate surface area is 173 Å². The summed E-state index contributed by atoms with van der Waals surface area (Å²) in [5.74, 6) is -1.14. The molecule has 0 saturated carbocycles. The minimum atomic E-state index is -4.05. The van der Waals surface area contributed by atoms with Crippen molar-refractivity contribution >= 4 is 27.4 Å². The van der Waals surface area contributed by atoms with Crippen LogP contribution in [-0.2, 0) is 19.6 Å². The smallest absolute Gasteiger partial charge is 0.262 e. The second-order valence-corrected chi connectivity index (χ2v) is 8.49. The Morgan fingerprint density at radius 1 is 1.13 bits per heavy atom. The number of ether oxygens (including phenoxy) is 2. The van der Waals surface area contributed by atoms with Crippen LogP contribution in [0.1, 0.15) is 17.3 Å². The van der Waals surface area contributed by atoms with Crippen LogP contribution in [0, 0.1) is 5.82 Å². The Morgan fingerprint density at radius 3 is 2.43 bits per heavy atom. The van der Waals surface area contributed by atoms with Crippen molar-refractivity contribution < 1.29 is 31.9 Å². The Hall–Kier alpha value is -2.82. The first-order valence-electron chi connectivity index (χ1n) is 9.18. The van der Waals surface area contributed by atoms with Gasteiger partial charge in [0.1, 0.15) is 16.5 Å². The summed E-state index contributed by atoms with van der Waals surface area (Å²) in [5.41, 5.74) is 0.649. The second kappa shape index (κ2) is 9.33. The molecule has 1 fully saturated rings. The molecule has 1 N–H and O–H groups in total. The highest BCUT2D eigenvalue weighted by molar-refractivity contribution is 7.89. The normalized spacial score (nSPS) is 14.9. The molecular weight excluding hydrogens is 415 g/mol. The van der Waals surface area contributed by atoms with Gasteiger partial charge in [-0.15, -0.1) is 0 Å². The minimum Gasteiger partial charge on any atom is -0.484 e. The first-order chi connectivity index (χ1) is 14.3. The average molecular weight is 436 g/mol. The van der Waals surface area contributed by atoms with Gasteiger partial charge in [0, 0.05) is 24.3 Å². The topological polar surface area (TPSA) is 102 Å². The summed E-state index contributed by atoms with van der Waals surface area (Å²) in [6, 6.07) is 9.64. The highest BCUT2D eigenvalue weighted by Gasteiger charge is 2.29. The van der Waals surface area contributed by atoms with E-state index in [-0.39, 0.29) is 44.4 Å². The van der Waals surface area contributed by atoms with Gasteiger partial charge >= 0.3 is 0 Å². The quantitative estimate of drug-likeness (QED) is 0.667. The number of carbonyl (C=O) groups excluding carboxylic acids is 2. The highest BCUT2D eigenvalue weighted by Crippen LogP contribution is 2.24. The van der Waals surface area contributed by atoms with E-state index < -0.39 is 26.6 Å². The molecule has 1 saturated heterocycles. The van der Waals surface area contributed by atoms with Gasteiger partial charge in [0.2, 0.25) is 10.0 Å². The molecule has 10 heteroatoms. The molecule has 1 heterocycles. The molecular formula is C20H21FN2O6S. The third-order valence-corrected chi connectivity index (χ3v) is 6.35. The highest BCUT2D eigenvalue weighted by atomic mass is 32.2. The predicted molar refractivity (Wildman–Crippen MR) is 107 cm³/mol. The van der Waals surface area contributed by atoms with Crippen molar-refractivity contribution in [2.45, 2.75) is 11.8 Å². The summed E-state index contributed by atoms with van der Waals surface area (Å²) in [6.45, 7) is 1.84. The van der Waals surface area contributed by atoms with E-state index in [0.29, 0.717) is 11.3 Å². The molecule has 8 nitrogen and oxygen atoms in total. The molecule has 0 radical (unpaired) electrons. The van der Waals surface area contributed by atoms with Gasteiger partial charge in [-0.1, -0.05) is 0 Å². The molecule has 30 heavy (non-hydrogen) atoms. The molecule has 2 aromatic carbocycles. The lowest BCUT2D eigenvalue weighted by Crippen LogP contribution is -2.40. The summed E-state index contributed by atoms with van der Waals surface area (Å²) in [4.78, 5) is 22.9. The second-order valence-electron chi connectivity index (χ2n) is 6.58. The van der Waals surface area contributed by atoms with Gasteiger partial charge in [-0.3, -0.25) is 9.59 Å². The summed E-state index contributed by atoms with van der Waals surface area (Å²) in [6.07, 6.45) is 0. The number of carbonyl (C=O) groups is 2. The van der Waals surface area contributed by atoms with Crippen molar-refractivity contribution in [3.63, 3.8) is 0 Å². The van der Waals surface area contributed by atoms with Gasteiger partial charge in [0.25, 0.3) is 5.91 Å². The lowest BCUT2D eigenvalue weighted by molar-refractivity contribution is -0.118. The van der Waals surface area contributed by atoms with Crippen molar-refractivity contribution in [2.75, 3.05) is 38.2 Å². The Morgan fingerprint density at radius 2 is 1.80 bits per heavy atom. The SMILES string of the molecule is CC(=O)c1ccc(OCC(=O)Nc2ccc(F)c(S(=O)(=O)N3CCOCC3)c2)cc1. The number of ketones is 1. The van der Waals surface area contributed by atoms with E-state index in [1.165, 1.54) is 13.0 Å².